The Hall–Kier alpha value is -1.02. The van der Waals surface area contributed by atoms with Gasteiger partial charge in [0.1, 0.15) is 0 Å². The molecule has 1 heterocycles. The number of likely N-dealkylation sites (N-methyl/N-ethyl adjacent to an activating group) is 1. The van der Waals surface area contributed by atoms with Crippen LogP contribution in [0.4, 0.5) is 0 Å². The van der Waals surface area contributed by atoms with Gasteiger partial charge in [-0.05, 0) is 18.6 Å². The van der Waals surface area contributed by atoms with Gasteiger partial charge in [0, 0.05) is 25.8 Å². The Bertz CT molecular complexity index is 236. The van der Waals surface area contributed by atoms with Crippen LogP contribution in [0, 0.1) is 0 Å². The molecule has 2 heteroatoms. The number of rotatable bonds is 3. The topological polar surface area (TPSA) is 24.1 Å². The molecule has 1 rings (SSSR count). The van der Waals surface area contributed by atoms with Crippen molar-refractivity contribution in [2.75, 3.05) is 20.1 Å². The maximum atomic E-state index is 3.69. The van der Waals surface area contributed by atoms with Crippen molar-refractivity contribution >= 4 is 0 Å². The molecule has 0 atom stereocenters. The van der Waals surface area contributed by atoms with E-state index in [2.05, 4.69) is 24.1 Å². The van der Waals surface area contributed by atoms with Crippen molar-refractivity contribution in [3.63, 3.8) is 0 Å². The minimum atomic E-state index is 0.965. The van der Waals surface area contributed by atoms with E-state index >= 15 is 0 Å². The smallest absolute Gasteiger partial charge is 0.0382 e. The van der Waals surface area contributed by atoms with Crippen molar-refractivity contribution in [1.82, 2.24) is 10.6 Å². The predicted molar refractivity (Wildman–Crippen MR) is 52.9 cm³/mol. The molecule has 0 saturated heterocycles. The van der Waals surface area contributed by atoms with Crippen molar-refractivity contribution in [2.24, 2.45) is 0 Å². The van der Waals surface area contributed by atoms with E-state index < -0.39 is 0 Å². The van der Waals surface area contributed by atoms with Gasteiger partial charge in [-0.2, -0.15) is 0 Å². The van der Waals surface area contributed by atoms with Crippen LogP contribution < -0.4 is 10.6 Å². The van der Waals surface area contributed by atoms with E-state index in [4.69, 9.17) is 0 Å². The van der Waals surface area contributed by atoms with E-state index in [0.29, 0.717) is 0 Å². The van der Waals surface area contributed by atoms with E-state index in [1.165, 1.54) is 16.8 Å². The van der Waals surface area contributed by atoms with Gasteiger partial charge in [-0.1, -0.05) is 18.2 Å². The zero-order valence-electron chi connectivity index (χ0n) is 7.78. The van der Waals surface area contributed by atoms with Gasteiger partial charge in [0.25, 0.3) is 0 Å². The fourth-order valence-electron chi connectivity index (χ4n) is 1.41. The summed E-state index contributed by atoms with van der Waals surface area (Å²) < 4.78 is 0. The Balaban J connectivity index is 2.85. The van der Waals surface area contributed by atoms with Gasteiger partial charge in [-0.25, -0.2) is 0 Å². The molecule has 0 aromatic rings. The van der Waals surface area contributed by atoms with E-state index in [1.54, 1.807) is 0 Å². The average Bonchev–Trinajstić information content (AvgIpc) is 2.47. The summed E-state index contributed by atoms with van der Waals surface area (Å²) >= 11 is 0. The molecule has 0 amide bonds. The lowest BCUT2D eigenvalue weighted by Crippen LogP contribution is -2.14. The van der Waals surface area contributed by atoms with Crippen molar-refractivity contribution in [3.8, 4) is 0 Å². The van der Waals surface area contributed by atoms with Crippen LogP contribution in [0.5, 0.6) is 0 Å². The molecule has 0 bridgehead atoms. The summed E-state index contributed by atoms with van der Waals surface area (Å²) in [7, 11) is 1.94. The van der Waals surface area contributed by atoms with Gasteiger partial charge >= 0.3 is 0 Å². The molecule has 12 heavy (non-hydrogen) atoms. The normalized spacial score (nSPS) is 18.3. The Labute approximate surface area is 74.0 Å². The lowest BCUT2D eigenvalue weighted by Gasteiger charge is -2.07. The number of allylic oxidation sites excluding steroid dienone is 2. The number of hydrogen-bond donors (Lipinski definition) is 2. The summed E-state index contributed by atoms with van der Waals surface area (Å²) in [5.74, 6) is 0. The van der Waals surface area contributed by atoms with Gasteiger partial charge in [0.05, 0.1) is 0 Å². The fourth-order valence-corrected chi connectivity index (χ4v) is 1.41. The third-order valence-electron chi connectivity index (χ3n) is 2.09. The highest BCUT2D eigenvalue weighted by molar-refractivity contribution is 5.39. The van der Waals surface area contributed by atoms with E-state index in [-0.39, 0.29) is 0 Å². The first-order valence-corrected chi connectivity index (χ1v) is 4.19. The monoisotopic (exact) mass is 164 g/mol. The minimum Gasteiger partial charge on any atom is -0.388 e. The largest absolute Gasteiger partial charge is 0.388 e. The molecule has 66 valence electrons. The molecule has 0 aliphatic carbocycles. The molecule has 0 radical (unpaired) electrons. The molecule has 0 unspecified atom stereocenters. The maximum absolute atomic E-state index is 3.69. The summed E-state index contributed by atoms with van der Waals surface area (Å²) in [5, 5.41) is 6.47. The summed E-state index contributed by atoms with van der Waals surface area (Å²) in [6.45, 7) is 7.81. The predicted octanol–water partition coefficient (Wildman–Crippen LogP) is 1.20. The van der Waals surface area contributed by atoms with Crippen LogP contribution in [0.1, 0.15) is 6.92 Å². The van der Waals surface area contributed by atoms with Crippen LogP contribution >= 0.6 is 0 Å². The first-order chi connectivity index (χ1) is 5.79. The lowest BCUT2D eigenvalue weighted by atomic mass is 10.1. The van der Waals surface area contributed by atoms with Crippen molar-refractivity contribution in [1.29, 1.82) is 0 Å². The molecule has 1 aliphatic rings. The Kier molecular flexibility index (Phi) is 3.11. The summed E-state index contributed by atoms with van der Waals surface area (Å²) in [6.07, 6.45) is 3.82. The van der Waals surface area contributed by atoms with Gasteiger partial charge < -0.3 is 10.6 Å². The Morgan fingerprint density at radius 1 is 1.58 bits per heavy atom. The zero-order valence-corrected chi connectivity index (χ0v) is 7.78. The quantitative estimate of drug-likeness (QED) is 0.612. The molecule has 0 spiro atoms. The highest BCUT2D eigenvalue weighted by atomic mass is 14.9. The summed E-state index contributed by atoms with van der Waals surface area (Å²) in [5.41, 5.74) is 3.96. The minimum absolute atomic E-state index is 0.965. The summed E-state index contributed by atoms with van der Waals surface area (Å²) in [4.78, 5) is 0. The Morgan fingerprint density at radius 3 is 2.75 bits per heavy atom. The third kappa shape index (κ3) is 1.77. The van der Waals surface area contributed by atoms with E-state index in [9.17, 15) is 0 Å². The molecule has 2 N–H and O–H groups in total. The first kappa shape index (κ1) is 9.07. The molecule has 0 aromatic carbocycles. The van der Waals surface area contributed by atoms with Gasteiger partial charge in [0.15, 0.2) is 0 Å². The van der Waals surface area contributed by atoms with Crippen LogP contribution in [0.15, 0.2) is 35.6 Å². The number of nitrogens with one attached hydrogen (secondary N) is 2. The molecular formula is C10H16N2. The van der Waals surface area contributed by atoms with Crippen LogP contribution in [-0.4, -0.2) is 20.1 Å². The highest BCUT2D eigenvalue weighted by Gasteiger charge is 2.12. The van der Waals surface area contributed by atoms with Crippen molar-refractivity contribution < 1.29 is 0 Å². The standard InChI is InChI=1S/C10H16N2/c1-4-5-10(11-3)9-7-12-6-8(9)2/h4-5,11-12H,1,6-7H2,2-3H3/b10-5+. The van der Waals surface area contributed by atoms with Crippen LogP contribution in [0.25, 0.3) is 0 Å². The second kappa shape index (κ2) is 4.12. The second-order valence-electron chi connectivity index (χ2n) is 2.93. The van der Waals surface area contributed by atoms with Crippen molar-refractivity contribution in [2.45, 2.75) is 6.92 Å². The van der Waals surface area contributed by atoms with E-state index in [1.807, 2.05) is 19.2 Å². The maximum Gasteiger partial charge on any atom is 0.0382 e. The fraction of sp³-hybridized carbons (Fsp3) is 0.400. The second-order valence-corrected chi connectivity index (χ2v) is 2.93. The van der Waals surface area contributed by atoms with Crippen LogP contribution in [0.3, 0.4) is 0 Å². The van der Waals surface area contributed by atoms with E-state index in [0.717, 1.165) is 13.1 Å². The molecule has 1 aliphatic heterocycles. The molecule has 2 nitrogen and oxygen atoms in total. The first-order valence-electron chi connectivity index (χ1n) is 4.19. The average molecular weight is 164 g/mol. The molecule has 0 saturated carbocycles. The highest BCUT2D eigenvalue weighted by Crippen LogP contribution is 2.15. The molecular weight excluding hydrogens is 148 g/mol. The number of hydrogen-bond acceptors (Lipinski definition) is 2. The van der Waals surface area contributed by atoms with Gasteiger partial charge in [0.2, 0.25) is 0 Å². The molecule has 0 fully saturated rings. The SMILES string of the molecule is C=C/C=C(/NC)C1=C(C)CNC1. The van der Waals surface area contributed by atoms with Crippen LogP contribution in [0.2, 0.25) is 0 Å². The molecule has 0 aromatic heterocycles. The van der Waals surface area contributed by atoms with Gasteiger partial charge in [-0.3, -0.25) is 0 Å². The third-order valence-corrected chi connectivity index (χ3v) is 2.09. The zero-order chi connectivity index (χ0) is 8.97. The summed E-state index contributed by atoms with van der Waals surface area (Å²) in [6, 6.07) is 0. The Morgan fingerprint density at radius 2 is 2.33 bits per heavy atom. The lowest BCUT2D eigenvalue weighted by molar-refractivity contribution is 0.855. The van der Waals surface area contributed by atoms with Crippen LogP contribution in [-0.2, 0) is 0 Å². The van der Waals surface area contributed by atoms with Crippen molar-refractivity contribution in [3.05, 3.63) is 35.6 Å². The van der Waals surface area contributed by atoms with Gasteiger partial charge in [-0.15, -0.1) is 0 Å².